The van der Waals surface area contributed by atoms with E-state index in [0.29, 0.717) is 5.56 Å². The Morgan fingerprint density at radius 1 is 1.09 bits per heavy atom. The Kier molecular flexibility index (Phi) is 6.44. The number of nitrogens with two attached hydrogens (primary N) is 1. The maximum atomic E-state index is 13.8. The normalized spacial score (nSPS) is 15.7. The predicted molar refractivity (Wildman–Crippen MR) is 113 cm³/mol. The molecule has 9 nitrogen and oxygen atoms in total. The number of nitriles is 1. The van der Waals surface area contributed by atoms with E-state index in [0.717, 1.165) is 37.3 Å². The molecule has 1 heterocycles. The molecule has 2 aromatic carbocycles. The van der Waals surface area contributed by atoms with E-state index < -0.39 is 40.9 Å². The fraction of sp³-hybridized carbons (Fsp3) is 0.130. The van der Waals surface area contributed by atoms with Crippen LogP contribution >= 0.6 is 0 Å². The zero-order chi connectivity index (χ0) is 24.3. The van der Waals surface area contributed by atoms with Gasteiger partial charge >= 0.3 is 17.9 Å². The van der Waals surface area contributed by atoms with Crippen LogP contribution in [0, 0.1) is 17.1 Å². The van der Waals surface area contributed by atoms with E-state index in [-0.39, 0.29) is 22.7 Å². The maximum Gasteiger partial charge on any atom is 0.355 e. The minimum absolute atomic E-state index is 0.144. The average molecular weight is 451 g/mol. The summed E-state index contributed by atoms with van der Waals surface area (Å²) in [6.07, 6.45) is 0. The van der Waals surface area contributed by atoms with Crippen molar-refractivity contribution in [3.63, 3.8) is 0 Å². The van der Waals surface area contributed by atoms with Crippen molar-refractivity contribution >= 4 is 23.6 Å². The summed E-state index contributed by atoms with van der Waals surface area (Å²) in [5, 5.41) is 19.6. The van der Waals surface area contributed by atoms with E-state index in [2.05, 4.69) is 0 Å². The van der Waals surface area contributed by atoms with Gasteiger partial charge in [-0.3, -0.25) is 4.90 Å². The first kappa shape index (κ1) is 23.0. The smallest absolute Gasteiger partial charge is 0.355 e. The third-order valence-corrected chi connectivity index (χ3v) is 5.04. The lowest BCUT2D eigenvalue weighted by molar-refractivity contribution is -0.139. The third-order valence-electron chi connectivity index (χ3n) is 5.04. The summed E-state index contributed by atoms with van der Waals surface area (Å²) >= 11 is 0. The average Bonchev–Trinajstić information content (AvgIpc) is 2.82. The number of anilines is 1. The predicted octanol–water partition coefficient (Wildman–Crippen LogP) is 2.42. The number of hydrogen-bond donors (Lipinski definition) is 2. The molecule has 0 saturated heterocycles. The fourth-order valence-electron chi connectivity index (χ4n) is 3.64. The molecular weight excluding hydrogens is 433 g/mol. The molecule has 0 aliphatic carbocycles. The summed E-state index contributed by atoms with van der Waals surface area (Å²) < 4.78 is 23.6. The van der Waals surface area contributed by atoms with Crippen molar-refractivity contribution in [2.45, 2.75) is 5.92 Å². The van der Waals surface area contributed by atoms with E-state index in [4.69, 9.17) is 15.2 Å². The van der Waals surface area contributed by atoms with Crippen LogP contribution in [0.4, 0.5) is 10.1 Å². The van der Waals surface area contributed by atoms with Crippen molar-refractivity contribution in [1.29, 1.82) is 5.26 Å². The Hall–Kier alpha value is -4.65. The standard InChI is InChI=1S/C23H18FN3O6/c1-32-22(30)18-17(12-6-4-3-5-7-12)15(11-25)20(26)27(19(18)23(31)33-2)16-9-8-13(24)10-14(16)21(28)29/h3-10,17H,26H2,1-2H3,(H,28,29). The summed E-state index contributed by atoms with van der Waals surface area (Å²) in [4.78, 5) is 38.6. The Morgan fingerprint density at radius 2 is 1.73 bits per heavy atom. The molecule has 33 heavy (non-hydrogen) atoms. The van der Waals surface area contributed by atoms with Gasteiger partial charge in [-0.05, 0) is 23.8 Å². The Labute approximate surface area is 187 Å². The number of hydrogen-bond acceptors (Lipinski definition) is 8. The number of rotatable bonds is 5. The molecule has 0 fully saturated rings. The van der Waals surface area contributed by atoms with E-state index in [1.54, 1.807) is 30.3 Å². The summed E-state index contributed by atoms with van der Waals surface area (Å²) in [5.41, 5.74) is 5.05. The molecule has 0 saturated carbocycles. The molecule has 0 bridgehead atoms. The van der Waals surface area contributed by atoms with Gasteiger partial charge in [0.05, 0.1) is 48.6 Å². The van der Waals surface area contributed by atoms with Gasteiger partial charge in [0.15, 0.2) is 0 Å². The number of aromatic carboxylic acids is 1. The number of methoxy groups -OCH3 is 2. The monoisotopic (exact) mass is 451 g/mol. The Bertz CT molecular complexity index is 1250. The molecule has 1 aliphatic rings. The number of esters is 2. The topological polar surface area (TPSA) is 143 Å². The molecule has 0 spiro atoms. The lowest BCUT2D eigenvalue weighted by atomic mass is 9.80. The number of benzene rings is 2. The van der Waals surface area contributed by atoms with Crippen molar-refractivity contribution < 1.29 is 33.4 Å². The Morgan fingerprint density at radius 3 is 2.27 bits per heavy atom. The van der Waals surface area contributed by atoms with E-state index in [1.165, 1.54) is 0 Å². The van der Waals surface area contributed by atoms with E-state index >= 15 is 0 Å². The van der Waals surface area contributed by atoms with Gasteiger partial charge in [-0.1, -0.05) is 30.3 Å². The molecule has 1 atom stereocenters. The van der Waals surface area contributed by atoms with Gasteiger partial charge in [0.25, 0.3) is 0 Å². The summed E-state index contributed by atoms with van der Waals surface area (Å²) in [7, 11) is 2.15. The van der Waals surface area contributed by atoms with Gasteiger partial charge in [0, 0.05) is 0 Å². The molecule has 0 aromatic heterocycles. The zero-order valence-electron chi connectivity index (χ0n) is 17.5. The zero-order valence-corrected chi connectivity index (χ0v) is 17.5. The molecule has 0 amide bonds. The first-order valence-electron chi connectivity index (χ1n) is 9.45. The van der Waals surface area contributed by atoms with Crippen LogP contribution in [0.3, 0.4) is 0 Å². The number of ether oxygens (including phenoxy) is 2. The van der Waals surface area contributed by atoms with Crippen LogP contribution < -0.4 is 10.6 Å². The van der Waals surface area contributed by atoms with Crippen molar-refractivity contribution in [1.82, 2.24) is 0 Å². The summed E-state index contributed by atoms with van der Waals surface area (Å²) in [6, 6.07) is 13.0. The molecule has 0 radical (unpaired) electrons. The number of carboxylic acid groups (broad SMARTS) is 1. The van der Waals surface area contributed by atoms with Crippen LogP contribution in [-0.4, -0.2) is 37.2 Å². The lowest BCUT2D eigenvalue weighted by Gasteiger charge is -2.36. The second kappa shape index (κ2) is 9.23. The van der Waals surface area contributed by atoms with Crippen LogP contribution in [0.25, 0.3) is 0 Å². The minimum atomic E-state index is -1.52. The van der Waals surface area contributed by atoms with Gasteiger partial charge in [-0.25, -0.2) is 18.8 Å². The highest BCUT2D eigenvalue weighted by Gasteiger charge is 2.43. The Balaban J connectivity index is 2.48. The molecule has 3 N–H and O–H groups in total. The van der Waals surface area contributed by atoms with Gasteiger partial charge in [-0.2, -0.15) is 5.26 Å². The van der Waals surface area contributed by atoms with Gasteiger partial charge in [0.1, 0.15) is 17.3 Å². The molecule has 1 unspecified atom stereocenters. The van der Waals surface area contributed by atoms with Crippen molar-refractivity contribution in [3.8, 4) is 6.07 Å². The van der Waals surface area contributed by atoms with Crippen LogP contribution in [0.1, 0.15) is 21.8 Å². The number of halogens is 1. The SMILES string of the molecule is COC(=O)C1=C(C(=O)OC)N(c2ccc(F)cc2C(=O)O)C(N)=C(C#N)C1c1ccccc1. The first-order valence-corrected chi connectivity index (χ1v) is 9.45. The van der Waals surface area contributed by atoms with Crippen LogP contribution in [0.5, 0.6) is 0 Å². The highest BCUT2D eigenvalue weighted by molar-refractivity contribution is 6.08. The number of carboxylic acids is 1. The summed E-state index contributed by atoms with van der Waals surface area (Å²) in [6.45, 7) is 0. The quantitative estimate of drug-likeness (QED) is 0.655. The van der Waals surface area contributed by atoms with E-state index in [1.807, 2.05) is 6.07 Å². The van der Waals surface area contributed by atoms with Crippen LogP contribution in [-0.2, 0) is 19.1 Å². The molecule has 3 rings (SSSR count). The fourth-order valence-corrected chi connectivity index (χ4v) is 3.64. The van der Waals surface area contributed by atoms with Crippen LogP contribution in [0.15, 0.2) is 71.2 Å². The highest BCUT2D eigenvalue weighted by Crippen LogP contribution is 2.43. The first-order chi connectivity index (χ1) is 15.8. The number of carbonyl (C=O) groups is 3. The lowest BCUT2D eigenvalue weighted by Crippen LogP contribution is -2.41. The molecule has 10 heteroatoms. The molecular formula is C23H18FN3O6. The highest BCUT2D eigenvalue weighted by atomic mass is 19.1. The molecule has 2 aromatic rings. The second-order valence-corrected chi connectivity index (χ2v) is 6.80. The van der Waals surface area contributed by atoms with Crippen molar-refractivity contribution in [2.75, 3.05) is 19.1 Å². The van der Waals surface area contributed by atoms with E-state index in [9.17, 15) is 29.1 Å². The number of allylic oxidation sites excluding steroid dienone is 1. The number of nitrogens with zero attached hydrogens (tertiary/aromatic N) is 2. The molecule has 1 aliphatic heterocycles. The maximum absolute atomic E-state index is 13.8. The van der Waals surface area contributed by atoms with Crippen molar-refractivity contribution in [3.05, 3.63) is 88.1 Å². The largest absolute Gasteiger partial charge is 0.478 e. The van der Waals surface area contributed by atoms with Gasteiger partial charge < -0.3 is 20.3 Å². The van der Waals surface area contributed by atoms with Crippen molar-refractivity contribution in [2.24, 2.45) is 5.73 Å². The molecule has 168 valence electrons. The second-order valence-electron chi connectivity index (χ2n) is 6.80. The van der Waals surface area contributed by atoms with Crippen LogP contribution in [0.2, 0.25) is 0 Å². The van der Waals surface area contributed by atoms with Gasteiger partial charge in [0.2, 0.25) is 0 Å². The number of carbonyl (C=O) groups excluding carboxylic acids is 2. The summed E-state index contributed by atoms with van der Waals surface area (Å²) in [5.74, 6) is -5.82. The van der Waals surface area contributed by atoms with Gasteiger partial charge in [-0.15, -0.1) is 0 Å². The minimum Gasteiger partial charge on any atom is -0.478 e. The third kappa shape index (κ3) is 3.99.